The first kappa shape index (κ1) is 18.6. The maximum atomic E-state index is 5.44. The molecule has 0 atom stereocenters. The molecule has 1 N–H and O–H groups in total. The van der Waals surface area contributed by atoms with Crippen LogP contribution in [0.2, 0.25) is 0 Å². The molecule has 29 heavy (non-hydrogen) atoms. The lowest BCUT2D eigenvalue weighted by Gasteiger charge is -2.13. The number of benzene rings is 2. The summed E-state index contributed by atoms with van der Waals surface area (Å²) in [6.45, 7) is 2.48. The molecule has 0 saturated carbocycles. The Morgan fingerprint density at radius 1 is 0.897 bits per heavy atom. The van der Waals surface area contributed by atoms with Gasteiger partial charge in [0.25, 0.3) is 0 Å². The van der Waals surface area contributed by atoms with E-state index in [2.05, 4.69) is 37.4 Å². The number of hydrogen-bond donors (Lipinski definition) is 1. The van der Waals surface area contributed by atoms with Crippen LogP contribution in [0.15, 0.2) is 55.1 Å². The fourth-order valence-corrected chi connectivity index (χ4v) is 3.20. The highest BCUT2D eigenvalue weighted by molar-refractivity contribution is 5.91. The third-order valence-corrected chi connectivity index (χ3v) is 4.59. The van der Waals surface area contributed by atoms with E-state index in [1.165, 1.54) is 6.33 Å². The molecule has 0 amide bonds. The van der Waals surface area contributed by atoms with Gasteiger partial charge in [0.15, 0.2) is 11.5 Å². The molecule has 2 heterocycles. The van der Waals surface area contributed by atoms with Gasteiger partial charge >= 0.3 is 0 Å². The van der Waals surface area contributed by atoms with Gasteiger partial charge in [-0.15, -0.1) is 0 Å². The van der Waals surface area contributed by atoms with Crippen LogP contribution in [0.5, 0.6) is 11.5 Å². The predicted octanol–water partition coefficient (Wildman–Crippen LogP) is 4.02. The summed E-state index contributed by atoms with van der Waals surface area (Å²) in [5.41, 5.74) is 3.97. The van der Waals surface area contributed by atoms with Gasteiger partial charge in [-0.2, -0.15) is 0 Å². The standard InChI is InChI=1S/C22H21N5O2/c1-14-26-19-9-21(29-3)20(28-2)8-18(19)22(27-14)25-10-15-5-4-6-16(7-15)17-11-23-13-24-12-17/h4-9,11-13H,10H2,1-3H3,(H,25,26,27). The van der Waals surface area contributed by atoms with Crippen molar-refractivity contribution in [1.82, 2.24) is 19.9 Å². The Kier molecular flexibility index (Phi) is 5.20. The van der Waals surface area contributed by atoms with E-state index in [1.54, 1.807) is 26.6 Å². The van der Waals surface area contributed by atoms with Crippen molar-refractivity contribution in [2.75, 3.05) is 19.5 Å². The lowest BCUT2D eigenvalue weighted by Crippen LogP contribution is -2.05. The largest absolute Gasteiger partial charge is 0.493 e. The number of aryl methyl sites for hydroxylation is 1. The molecule has 0 radical (unpaired) electrons. The van der Waals surface area contributed by atoms with Gasteiger partial charge in [-0.25, -0.2) is 19.9 Å². The minimum absolute atomic E-state index is 0.613. The van der Waals surface area contributed by atoms with Crippen molar-refractivity contribution in [3.05, 3.63) is 66.5 Å². The topological polar surface area (TPSA) is 82.1 Å². The van der Waals surface area contributed by atoms with Crippen LogP contribution in [0.3, 0.4) is 0 Å². The molecular formula is C22H21N5O2. The van der Waals surface area contributed by atoms with Crippen LogP contribution in [0.4, 0.5) is 5.82 Å². The number of fused-ring (bicyclic) bond motifs is 1. The van der Waals surface area contributed by atoms with Gasteiger partial charge in [0.05, 0.1) is 19.7 Å². The summed E-state index contributed by atoms with van der Waals surface area (Å²) in [6.07, 6.45) is 5.14. The molecule has 4 aromatic rings. The van der Waals surface area contributed by atoms with Crippen LogP contribution in [-0.2, 0) is 6.54 Å². The lowest BCUT2D eigenvalue weighted by molar-refractivity contribution is 0.356. The van der Waals surface area contributed by atoms with Gasteiger partial charge in [-0.3, -0.25) is 0 Å². The van der Waals surface area contributed by atoms with E-state index in [0.717, 1.165) is 33.4 Å². The zero-order valence-electron chi connectivity index (χ0n) is 16.5. The third kappa shape index (κ3) is 3.94. The SMILES string of the molecule is COc1cc2nc(C)nc(NCc3cccc(-c4cncnc4)c3)c2cc1OC. The van der Waals surface area contributed by atoms with E-state index in [-0.39, 0.29) is 0 Å². The number of nitrogens with zero attached hydrogens (tertiary/aromatic N) is 4. The Labute approximate surface area is 168 Å². The predicted molar refractivity (Wildman–Crippen MR) is 112 cm³/mol. The van der Waals surface area contributed by atoms with Crippen molar-refractivity contribution in [3.8, 4) is 22.6 Å². The smallest absolute Gasteiger partial charge is 0.162 e. The van der Waals surface area contributed by atoms with E-state index in [9.17, 15) is 0 Å². The minimum Gasteiger partial charge on any atom is -0.493 e. The Balaban J connectivity index is 1.65. The fourth-order valence-electron chi connectivity index (χ4n) is 3.20. The van der Waals surface area contributed by atoms with E-state index >= 15 is 0 Å². The van der Waals surface area contributed by atoms with Crippen molar-refractivity contribution >= 4 is 16.7 Å². The second-order valence-electron chi connectivity index (χ2n) is 6.52. The highest BCUT2D eigenvalue weighted by atomic mass is 16.5. The monoisotopic (exact) mass is 387 g/mol. The Morgan fingerprint density at radius 3 is 2.41 bits per heavy atom. The first-order valence-electron chi connectivity index (χ1n) is 9.16. The number of anilines is 1. The molecule has 0 unspecified atom stereocenters. The second-order valence-corrected chi connectivity index (χ2v) is 6.52. The first-order valence-corrected chi connectivity index (χ1v) is 9.16. The molecule has 2 aromatic carbocycles. The van der Waals surface area contributed by atoms with Crippen LogP contribution < -0.4 is 14.8 Å². The molecule has 146 valence electrons. The average molecular weight is 387 g/mol. The molecule has 7 heteroatoms. The highest BCUT2D eigenvalue weighted by Crippen LogP contribution is 2.34. The van der Waals surface area contributed by atoms with Crippen LogP contribution in [-0.4, -0.2) is 34.2 Å². The zero-order valence-corrected chi connectivity index (χ0v) is 16.5. The number of hydrogen-bond acceptors (Lipinski definition) is 7. The molecule has 0 aliphatic rings. The summed E-state index contributed by atoms with van der Waals surface area (Å²) < 4.78 is 10.8. The number of aromatic nitrogens is 4. The van der Waals surface area contributed by atoms with Crippen molar-refractivity contribution in [2.24, 2.45) is 0 Å². The molecular weight excluding hydrogens is 366 g/mol. The Hall–Kier alpha value is -3.74. The summed E-state index contributed by atoms with van der Waals surface area (Å²) in [7, 11) is 3.23. The molecule has 7 nitrogen and oxygen atoms in total. The van der Waals surface area contributed by atoms with Gasteiger partial charge in [0, 0.05) is 36.0 Å². The van der Waals surface area contributed by atoms with Gasteiger partial charge < -0.3 is 14.8 Å². The van der Waals surface area contributed by atoms with Crippen LogP contribution in [0, 0.1) is 6.92 Å². The molecule has 0 spiro atoms. The molecule has 0 aliphatic carbocycles. The maximum Gasteiger partial charge on any atom is 0.162 e. The maximum absolute atomic E-state index is 5.44. The zero-order chi connectivity index (χ0) is 20.2. The average Bonchev–Trinajstić information content (AvgIpc) is 2.77. The van der Waals surface area contributed by atoms with E-state index < -0.39 is 0 Å². The molecule has 2 aromatic heterocycles. The summed E-state index contributed by atoms with van der Waals surface area (Å²) >= 11 is 0. The van der Waals surface area contributed by atoms with Gasteiger partial charge in [0.2, 0.25) is 0 Å². The number of ether oxygens (including phenoxy) is 2. The summed E-state index contributed by atoms with van der Waals surface area (Å²) in [4.78, 5) is 17.3. The summed E-state index contributed by atoms with van der Waals surface area (Å²) in [5, 5.41) is 4.31. The van der Waals surface area contributed by atoms with E-state index in [0.29, 0.717) is 23.9 Å². The van der Waals surface area contributed by atoms with Crippen molar-refractivity contribution < 1.29 is 9.47 Å². The van der Waals surface area contributed by atoms with Crippen LogP contribution in [0.25, 0.3) is 22.0 Å². The number of rotatable bonds is 6. The minimum atomic E-state index is 0.613. The second kappa shape index (κ2) is 8.10. The van der Waals surface area contributed by atoms with Gasteiger partial charge in [-0.1, -0.05) is 18.2 Å². The van der Waals surface area contributed by atoms with Gasteiger partial charge in [0.1, 0.15) is 18.0 Å². The molecule has 0 aliphatic heterocycles. The molecule has 0 saturated heterocycles. The molecule has 0 fully saturated rings. The lowest BCUT2D eigenvalue weighted by atomic mass is 10.1. The first-order chi connectivity index (χ1) is 14.2. The van der Waals surface area contributed by atoms with E-state index in [4.69, 9.17) is 9.47 Å². The van der Waals surface area contributed by atoms with Crippen molar-refractivity contribution in [2.45, 2.75) is 13.5 Å². The normalized spacial score (nSPS) is 10.7. The number of methoxy groups -OCH3 is 2. The summed E-state index contributed by atoms with van der Waals surface area (Å²) in [5.74, 6) is 2.72. The van der Waals surface area contributed by atoms with Crippen molar-refractivity contribution in [1.29, 1.82) is 0 Å². The Bertz CT molecular complexity index is 1150. The summed E-state index contributed by atoms with van der Waals surface area (Å²) in [6, 6.07) is 12.0. The van der Waals surface area contributed by atoms with Crippen LogP contribution in [0.1, 0.15) is 11.4 Å². The quantitative estimate of drug-likeness (QED) is 0.535. The fraction of sp³-hybridized carbons (Fsp3) is 0.182. The van der Waals surface area contributed by atoms with Crippen LogP contribution >= 0.6 is 0 Å². The van der Waals surface area contributed by atoms with Gasteiger partial charge in [-0.05, 0) is 30.2 Å². The third-order valence-electron chi connectivity index (χ3n) is 4.59. The van der Waals surface area contributed by atoms with Crippen molar-refractivity contribution in [3.63, 3.8) is 0 Å². The van der Waals surface area contributed by atoms with E-state index in [1.807, 2.05) is 31.2 Å². The molecule has 0 bridgehead atoms. The Morgan fingerprint density at radius 2 is 1.66 bits per heavy atom. The highest BCUT2D eigenvalue weighted by Gasteiger charge is 2.12. The molecule has 4 rings (SSSR count). The number of nitrogens with one attached hydrogen (secondary N) is 1.